The highest BCUT2D eigenvalue weighted by Crippen LogP contribution is 2.23. The van der Waals surface area contributed by atoms with Gasteiger partial charge in [0, 0.05) is 22.9 Å². The van der Waals surface area contributed by atoms with Crippen molar-refractivity contribution in [2.75, 3.05) is 17.2 Å². The number of nitrogens with zero attached hydrogens (tertiary/aromatic N) is 2. The van der Waals surface area contributed by atoms with Crippen LogP contribution in [-0.4, -0.2) is 16.5 Å². The molecule has 0 atom stereocenters. The number of aromatic nitrogens is 2. The Bertz CT molecular complexity index is 727. The van der Waals surface area contributed by atoms with E-state index in [0.717, 1.165) is 34.5 Å². The van der Waals surface area contributed by atoms with E-state index < -0.39 is 0 Å². The van der Waals surface area contributed by atoms with Gasteiger partial charge in [0.2, 0.25) is 5.95 Å². The molecule has 1 aliphatic carbocycles. The maximum absolute atomic E-state index is 4.55. The van der Waals surface area contributed by atoms with Gasteiger partial charge in [-0.15, -0.1) is 0 Å². The average Bonchev–Trinajstić information content (AvgIpc) is 2.59. The molecule has 0 saturated heterocycles. The number of aryl methyl sites for hydroxylation is 1. The summed E-state index contributed by atoms with van der Waals surface area (Å²) in [7, 11) is 0. The van der Waals surface area contributed by atoms with E-state index in [9.17, 15) is 0 Å². The summed E-state index contributed by atoms with van der Waals surface area (Å²) in [5.74, 6) is 1.47. The number of hydrogen-bond acceptors (Lipinski definition) is 4. The molecule has 1 aliphatic rings. The van der Waals surface area contributed by atoms with Crippen molar-refractivity contribution in [2.45, 2.75) is 39.0 Å². The molecule has 2 N–H and O–H groups in total. The Balaban J connectivity index is 1.58. The van der Waals surface area contributed by atoms with Crippen LogP contribution in [0.25, 0.3) is 0 Å². The summed E-state index contributed by atoms with van der Waals surface area (Å²) in [5.41, 5.74) is 3.74. The van der Waals surface area contributed by atoms with E-state index in [1.807, 2.05) is 18.2 Å². The van der Waals surface area contributed by atoms with E-state index in [0.29, 0.717) is 5.95 Å². The molecule has 4 nitrogen and oxygen atoms in total. The van der Waals surface area contributed by atoms with Crippen LogP contribution < -0.4 is 10.6 Å². The van der Waals surface area contributed by atoms with Gasteiger partial charge < -0.3 is 10.6 Å². The maximum Gasteiger partial charge on any atom is 0.229 e. The molecule has 3 rings (SSSR count). The molecule has 0 spiro atoms. The molecule has 5 heteroatoms. The monoisotopic (exact) mass is 386 g/mol. The SMILES string of the molecule is Cc1cc(Br)ccc1Nc1nccc(NCCC2=CCCCC2)n1. The maximum atomic E-state index is 4.55. The zero-order chi connectivity index (χ0) is 16.8. The van der Waals surface area contributed by atoms with Crippen molar-refractivity contribution in [3.63, 3.8) is 0 Å². The third kappa shape index (κ3) is 4.81. The molecule has 1 heterocycles. The second-order valence-corrected chi connectivity index (χ2v) is 7.05. The summed E-state index contributed by atoms with van der Waals surface area (Å²) in [4.78, 5) is 8.86. The Morgan fingerprint density at radius 1 is 1.21 bits per heavy atom. The quantitative estimate of drug-likeness (QED) is 0.634. The van der Waals surface area contributed by atoms with E-state index in [4.69, 9.17) is 0 Å². The van der Waals surface area contributed by atoms with Crippen molar-refractivity contribution in [3.8, 4) is 0 Å². The van der Waals surface area contributed by atoms with Crippen molar-refractivity contribution in [2.24, 2.45) is 0 Å². The number of anilines is 3. The van der Waals surface area contributed by atoms with E-state index >= 15 is 0 Å². The largest absolute Gasteiger partial charge is 0.370 e. The van der Waals surface area contributed by atoms with Crippen molar-refractivity contribution in [3.05, 3.63) is 52.1 Å². The second-order valence-electron chi connectivity index (χ2n) is 6.13. The number of halogens is 1. The summed E-state index contributed by atoms with van der Waals surface area (Å²) in [6, 6.07) is 8.02. The van der Waals surface area contributed by atoms with Gasteiger partial charge in [0.1, 0.15) is 5.82 Å². The first-order valence-electron chi connectivity index (χ1n) is 8.49. The molecule has 0 bridgehead atoms. The minimum Gasteiger partial charge on any atom is -0.370 e. The minimum atomic E-state index is 0.613. The van der Waals surface area contributed by atoms with Gasteiger partial charge in [-0.25, -0.2) is 4.98 Å². The number of allylic oxidation sites excluding steroid dienone is 1. The number of rotatable bonds is 6. The van der Waals surface area contributed by atoms with Crippen molar-refractivity contribution in [1.82, 2.24) is 9.97 Å². The fourth-order valence-electron chi connectivity index (χ4n) is 2.89. The first-order valence-corrected chi connectivity index (χ1v) is 9.28. The van der Waals surface area contributed by atoms with Crippen LogP contribution in [0.1, 0.15) is 37.7 Å². The molecule has 0 unspecified atom stereocenters. The molecule has 0 fully saturated rings. The normalized spacial score (nSPS) is 14.2. The number of hydrogen-bond donors (Lipinski definition) is 2. The van der Waals surface area contributed by atoms with E-state index in [-0.39, 0.29) is 0 Å². The molecular formula is C19H23BrN4. The van der Waals surface area contributed by atoms with Gasteiger partial charge in [-0.2, -0.15) is 4.98 Å². The lowest BCUT2D eigenvalue weighted by Gasteiger charge is -2.13. The van der Waals surface area contributed by atoms with Gasteiger partial charge in [-0.1, -0.05) is 27.6 Å². The Hall–Kier alpha value is -1.88. The molecule has 126 valence electrons. The summed E-state index contributed by atoms with van der Waals surface area (Å²) < 4.78 is 1.07. The Morgan fingerprint density at radius 3 is 2.92 bits per heavy atom. The Labute approximate surface area is 151 Å². The lowest BCUT2D eigenvalue weighted by molar-refractivity contribution is 0.679. The lowest BCUT2D eigenvalue weighted by Crippen LogP contribution is -2.07. The Kier molecular flexibility index (Phi) is 5.86. The molecule has 0 amide bonds. The first kappa shape index (κ1) is 17.0. The van der Waals surface area contributed by atoms with Crippen LogP contribution in [0, 0.1) is 6.92 Å². The zero-order valence-corrected chi connectivity index (χ0v) is 15.6. The van der Waals surface area contributed by atoms with Crippen molar-refractivity contribution in [1.29, 1.82) is 0 Å². The smallest absolute Gasteiger partial charge is 0.229 e. The Morgan fingerprint density at radius 2 is 2.12 bits per heavy atom. The molecular weight excluding hydrogens is 364 g/mol. The predicted molar refractivity (Wildman–Crippen MR) is 104 cm³/mol. The number of nitrogens with one attached hydrogen (secondary N) is 2. The van der Waals surface area contributed by atoms with Gasteiger partial charge in [-0.05, 0) is 68.9 Å². The highest BCUT2D eigenvalue weighted by Gasteiger charge is 2.05. The first-order chi connectivity index (χ1) is 11.7. The van der Waals surface area contributed by atoms with E-state index in [1.54, 1.807) is 11.8 Å². The van der Waals surface area contributed by atoms with Crippen LogP contribution in [0.3, 0.4) is 0 Å². The third-order valence-electron chi connectivity index (χ3n) is 4.23. The predicted octanol–water partition coefficient (Wildman–Crippen LogP) is 5.59. The van der Waals surface area contributed by atoms with Crippen LogP contribution in [0.15, 0.2) is 46.6 Å². The lowest BCUT2D eigenvalue weighted by atomic mass is 9.97. The standard InChI is InChI=1S/C19H23BrN4/c1-14-13-16(20)7-8-17(14)23-19-22-12-10-18(24-19)21-11-9-15-5-3-2-4-6-15/h5,7-8,10,12-13H,2-4,6,9,11H2,1H3,(H2,21,22,23,24). The molecule has 0 aliphatic heterocycles. The summed E-state index contributed by atoms with van der Waals surface area (Å²) in [6.45, 7) is 2.98. The fourth-order valence-corrected chi connectivity index (χ4v) is 3.36. The van der Waals surface area contributed by atoms with Gasteiger partial charge in [0.15, 0.2) is 0 Å². The zero-order valence-electron chi connectivity index (χ0n) is 14.0. The second kappa shape index (κ2) is 8.29. The summed E-state index contributed by atoms with van der Waals surface area (Å²) in [5, 5.41) is 6.69. The van der Waals surface area contributed by atoms with E-state index in [1.165, 1.54) is 25.7 Å². The van der Waals surface area contributed by atoms with Crippen LogP contribution in [-0.2, 0) is 0 Å². The highest BCUT2D eigenvalue weighted by atomic mass is 79.9. The third-order valence-corrected chi connectivity index (χ3v) is 4.72. The molecule has 24 heavy (non-hydrogen) atoms. The fraction of sp³-hybridized carbons (Fsp3) is 0.368. The van der Waals surface area contributed by atoms with Gasteiger partial charge >= 0.3 is 0 Å². The molecule has 0 radical (unpaired) electrons. The van der Waals surface area contributed by atoms with Gasteiger partial charge in [-0.3, -0.25) is 0 Å². The molecule has 0 saturated carbocycles. The van der Waals surface area contributed by atoms with Gasteiger partial charge in [0.05, 0.1) is 0 Å². The topological polar surface area (TPSA) is 49.8 Å². The van der Waals surface area contributed by atoms with Gasteiger partial charge in [0.25, 0.3) is 0 Å². The molecule has 2 aromatic rings. The van der Waals surface area contributed by atoms with Crippen LogP contribution >= 0.6 is 15.9 Å². The number of benzene rings is 1. The van der Waals surface area contributed by atoms with Crippen LogP contribution in [0.2, 0.25) is 0 Å². The van der Waals surface area contributed by atoms with Crippen LogP contribution in [0.4, 0.5) is 17.5 Å². The highest BCUT2D eigenvalue weighted by molar-refractivity contribution is 9.10. The minimum absolute atomic E-state index is 0.613. The molecule has 1 aromatic heterocycles. The average molecular weight is 387 g/mol. The van der Waals surface area contributed by atoms with Crippen molar-refractivity contribution >= 4 is 33.4 Å². The summed E-state index contributed by atoms with van der Waals surface area (Å²) in [6.07, 6.45) is 10.4. The van der Waals surface area contributed by atoms with E-state index in [2.05, 4.69) is 55.6 Å². The van der Waals surface area contributed by atoms with Crippen molar-refractivity contribution < 1.29 is 0 Å². The summed E-state index contributed by atoms with van der Waals surface area (Å²) >= 11 is 3.48. The van der Waals surface area contributed by atoms with Crippen LogP contribution in [0.5, 0.6) is 0 Å². The molecule has 1 aromatic carbocycles.